The van der Waals surface area contributed by atoms with Gasteiger partial charge in [-0.3, -0.25) is 4.79 Å². The van der Waals surface area contributed by atoms with Crippen molar-refractivity contribution in [3.63, 3.8) is 0 Å². The molecule has 2 saturated heterocycles. The summed E-state index contributed by atoms with van der Waals surface area (Å²) in [7, 11) is 1.71. The SMILES string of the molecule is Cn1nc(N2CC3CN(c4nc(C5CC5)ns4)CC3C2)ccc1=O. The molecule has 1 aliphatic carbocycles. The molecule has 24 heavy (non-hydrogen) atoms. The number of fused-ring (bicyclic) bond motifs is 1. The van der Waals surface area contributed by atoms with Crippen LogP contribution in [-0.2, 0) is 7.05 Å². The van der Waals surface area contributed by atoms with Gasteiger partial charge in [-0.15, -0.1) is 0 Å². The van der Waals surface area contributed by atoms with E-state index in [0.717, 1.165) is 43.0 Å². The van der Waals surface area contributed by atoms with Crippen LogP contribution in [0.1, 0.15) is 24.6 Å². The van der Waals surface area contributed by atoms with Crippen molar-refractivity contribution in [3.05, 3.63) is 28.3 Å². The van der Waals surface area contributed by atoms with E-state index in [4.69, 9.17) is 4.98 Å². The number of anilines is 2. The lowest BCUT2D eigenvalue weighted by atomic mass is 10.0. The molecule has 0 bridgehead atoms. The van der Waals surface area contributed by atoms with E-state index in [9.17, 15) is 4.79 Å². The zero-order valence-corrected chi connectivity index (χ0v) is 14.4. The van der Waals surface area contributed by atoms with Crippen LogP contribution < -0.4 is 15.4 Å². The Hall–Kier alpha value is -1.96. The van der Waals surface area contributed by atoms with Crippen molar-refractivity contribution in [2.45, 2.75) is 18.8 Å². The van der Waals surface area contributed by atoms with Gasteiger partial charge in [0.15, 0.2) is 0 Å². The van der Waals surface area contributed by atoms with Gasteiger partial charge in [0.25, 0.3) is 5.56 Å². The van der Waals surface area contributed by atoms with E-state index in [-0.39, 0.29) is 5.56 Å². The molecule has 0 N–H and O–H groups in total. The molecule has 4 heterocycles. The maximum Gasteiger partial charge on any atom is 0.266 e. The van der Waals surface area contributed by atoms with Crippen molar-refractivity contribution in [1.82, 2.24) is 19.1 Å². The Labute approximate surface area is 144 Å². The summed E-state index contributed by atoms with van der Waals surface area (Å²) in [6.07, 6.45) is 2.51. The van der Waals surface area contributed by atoms with E-state index in [1.165, 1.54) is 17.5 Å². The minimum Gasteiger partial charge on any atom is -0.354 e. The average Bonchev–Trinajstić information content (AvgIpc) is 2.99. The zero-order chi connectivity index (χ0) is 16.3. The maximum absolute atomic E-state index is 11.5. The van der Waals surface area contributed by atoms with Crippen LogP contribution in [0, 0.1) is 11.8 Å². The summed E-state index contributed by atoms with van der Waals surface area (Å²) >= 11 is 1.56. The smallest absolute Gasteiger partial charge is 0.266 e. The first-order valence-electron chi connectivity index (χ1n) is 8.55. The monoisotopic (exact) mass is 344 g/mol. The molecule has 0 aromatic carbocycles. The maximum atomic E-state index is 11.5. The molecule has 2 unspecified atom stereocenters. The molecule has 3 fully saturated rings. The van der Waals surface area contributed by atoms with E-state index in [0.29, 0.717) is 17.8 Å². The molecule has 0 spiro atoms. The minimum absolute atomic E-state index is 0.0629. The van der Waals surface area contributed by atoms with E-state index in [1.54, 1.807) is 24.6 Å². The van der Waals surface area contributed by atoms with Crippen molar-refractivity contribution in [2.24, 2.45) is 18.9 Å². The molecule has 2 aliphatic heterocycles. The fourth-order valence-corrected chi connectivity index (χ4v) is 4.62. The predicted molar refractivity (Wildman–Crippen MR) is 92.8 cm³/mol. The Balaban J connectivity index is 1.28. The fraction of sp³-hybridized carbons (Fsp3) is 0.625. The third-order valence-corrected chi connectivity index (χ3v) is 6.19. The second kappa shape index (κ2) is 5.27. The third-order valence-electron chi connectivity index (χ3n) is 5.40. The highest BCUT2D eigenvalue weighted by molar-refractivity contribution is 7.09. The van der Waals surface area contributed by atoms with E-state index >= 15 is 0 Å². The van der Waals surface area contributed by atoms with Gasteiger partial charge in [-0.05, 0) is 18.9 Å². The van der Waals surface area contributed by atoms with Gasteiger partial charge < -0.3 is 9.80 Å². The molecular formula is C16H20N6OS. The molecule has 2 atom stereocenters. The zero-order valence-electron chi connectivity index (χ0n) is 13.6. The molecule has 2 aromatic rings. The number of aryl methyl sites for hydroxylation is 1. The average molecular weight is 344 g/mol. The van der Waals surface area contributed by atoms with Crippen LogP contribution in [0.2, 0.25) is 0 Å². The Kier molecular flexibility index (Phi) is 3.16. The molecule has 2 aromatic heterocycles. The second-order valence-corrected chi connectivity index (χ2v) is 7.92. The number of rotatable bonds is 3. The molecular weight excluding hydrogens is 324 g/mol. The second-order valence-electron chi connectivity index (χ2n) is 7.19. The highest BCUT2D eigenvalue weighted by atomic mass is 32.1. The van der Waals surface area contributed by atoms with Crippen LogP contribution in [0.4, 0.5) is 10.9 Å². The molecule has 8 heteroatoms. The van der Waals surface area contributed by atoms with Gasteiger partial charge in [0.1, 0.15) is 11.6 Å². The fourth-order valence-electron chi connectivity index (χ4n) is 3.86. The molecule has 1 saturated carbocycles. The third kappa shape index (κ3) is 2.40. The van der Waals surface area contributed by atoms with Gasteiger partial charge in [-0.2, -0.15) is 9.47 Å². The summed E-state index contributed by atoms with van der Waals surface area (Å²) in [6, 6.07) is 3.44. The molecule has 7 nitrogen and oxygen atoms in total. The van der Waals surface area contributed by atoms with E-state index in [1.807, 2.05) is 6.07 Å². The van der Waals surface area contributed by atoms with Crippen molar-refractivity contribution in [3.8, 4) is 0 Å². The first-order valence-corrected chi connectivity index (χ1v) is 9.32. The van der Waals surface area contributed by atoms with Gasteiger partial charge in [0.05, 0.1) is 0 Å². The van der Waals surface area contributed by atoms with Gasteiger partial charge in [-0.1, -0.05) is 0 Å². The summed E-state index contributed by atoms with van der Waals surface area (Å²) in [4.78, 5) is 21.0. The largest absolute Gasteiger partial charge is 0.354 e. The topological polar surface area (TPSA) is 67.2 Å². The highest BCUT2D eigenvalue weighted by Gasteiger charge is 2.41. The minimum atomic E-state index is -0.0629. The van der Waals surface area contributed by atoms with Crippen molar-refractivity contribution < 1.29 is 0 Å². The molecule has 126 valence electrons. The summed E-state index contributed by atoms with van der Waals surface area (Å²) in [5, 5.41) is 5.48. The van der Waals surface area contributed by atoms with Gasteiger partial charge in [0.2, 0.25) is 5.13 Å². The molecule has 0 radical (unpaired) electrons. The lowest BCUT2D eigenvalue weighted by Crippen LogP contribution is -2.30. The van der Waals surface area contributed by atoms with Crippen molar-refractivity contribution >= 4 is 22.5 Å². The van der Waals surface area contributed by atoms with Crippen molar-refractivity contribution in [2.75, 3.05) is 36.0 Å². The van der Waals surface area contributed by atoms with Crippen LogP contribution in [-0.4, -0.2) is 45.3 Å². The van der Waals surface area contributed by atoms with Gasteiger partial charge in [0, 0.05) is 68.6 Å². The van der Waals surface area contributed by atoms with Crippen LogP contribution in [0.25, 0.3) is 0 Å². The Bertz CT molecular complexity index is 814. The van der Waals surface area contributed by atoms with E-state index < -0.39 is 0 Å². The van der Waals surface area contributed by atoms with Crippen LogP contribution in [0.15, 0.2) is 16.9 Å². The highest BCUT2D eigenvalue weighted by Crippen LogP contribution is 2.41. The van der Waals surface area contributed by atoms with Gasteiger partial charge in [-0.25, -0.2) is 9.67 Å². The first kappa shape index (κ1) is 14.4. The van der Waals surface area contributed by atoms with Crippen LogP contribution in [0.3, 0.4) is 0 Å². The lowest BCUT2D eigenvalue weighted by molar-refractivity contribution is 0.533. The molecule has 3 aliphatic rings. The number of hydrogen-bond donors (Lipinski definition) is 0. The summed E-state index contributed by atoms with van der Waals surface area (Å²) in [6.45, 7) is 4.10. The van der Waals surface area contributed by atoms with Gasteiger partial charge >= 0.3 is 0 Å². The van der Waals surface area contributed by atoms with E-state index in [2.05, 4.69) is 19.3 Å². The Morgan fingerprint density at radius 1 is 1.08 bits per heavy atom. The quantitative estimate of drug-likeness (QED) is 0.830. The lowest BCUT2D eigenvalue weighted by Gasteiger charge is -2.21. The molecule has 0 amide bonds. The molecule has 5 rings (SSSR count). The standard InChI is InChI=1S/C16H20N6OS/c1-20-14(23)5-4-13(18-20)21-6-11-8-22(9-12(11)7-21)16-17-15(19-24-16)10-2-3-10/h4-5,10-12H,2-3,6-9H2,1H3. The normalized spacial score (nSPS) is 26.2. The van der Waals surface area contributed by atoms with Crippen LogP contribution >= 0.6 is 11.5 Å². The Morgan fingerprint density at radius 3 is 2.46 bits per heavy atom. The Morgan fingerprint density at radius 2 is 1.79 bits per heavy atom. The van der Waals surface area contributed by atoms with Crippen molar-refractivity contribution in [1.29, 1.82) is 0 Å². The first-order chi connectivity index (χ1) is 11.7. The number of hydrogen-bond acceptors (Lipinski definition) is 7. The predicted octanol–water partition coefficient (Wildman–Crippen LogP) is 1.08. The summed E-state index contributed by atoms with van der Waals surface area (Å²) < 4.78 is 5.95. The number of aromatic nitrogens is 4. The summed E-state index contributed by atoms with van der Waals surface area (Å²) in [5.41, 5.74) is -0.0629. The number of nitrogens with zero attached hydrogens (tertiary/aromatic N) is 6. The summed E-state index contributed by atoms with van der Waals surface area (Å²) in [5.74, 6) is 3.87. The van der Waals surface area contributed by atoms with Crippen LogP contribution in [0.5, 0.6) is 0 Å².